The van der Waals surface area contributed by atoms with Crippen LogP contribution < -0.4 is 11.3 Å². The van der Waals surface area contributed by atoms with Crippen LogP contribution >= 0.6 is 0 Å². The van der Waals surface area contributed by atoms with Gasteiger partial charge in [-0.2, -0.15) is 4.68 Å². The largest absolute Gasteiger partial charge is 0.462 e. The van der Waals surface area contributed by atoms with Crippen molar-refractivity contribution in [2.45, 2.75) is 20.8 Å². The first-order chi connectivity index (χ1) is 9.86. The second kappa shape index (κ2) is 5.39. The number of H-pyrrole nitrogens is 1. The van der Waals surface area contributed by atoms with Gasteiger partial charge in [0.15, 0.2) is 5.65 Å². The number of anilines is 1. The summed E-state index contributed by atoms with van der Waals surface area (Å²) in [7, 11) is 0. The Morgan fingerprint density at radius 3 is 2.71 bits per heavy atom. The lowest BCUT2D eigenvalue weighted by atomic mass is 10.2. The molecule has 0 fully saturated rings. The zero-order valence-electron chi connectivity index (χ0n) is 12.0. The molecule has 0 saturated carbocycles. The van der Waals surface area contributed by atoms with E-state index < -0.39 is 17.4 Å². The van der Waals surface area contributed by atoms with Crippen LogP contribution in [0.4, 0.5) is 5.82 Å². The van der Waals surface area contributed by atoms with E-state index in [9.17, 15) is 14.4 Å². The number of nitrogens with zero attached hydrogens (tertiary/aromatic N) is 2. The lowest BCUT2D eigenvalue weighted by molar-refractivity contribution is 0.0527. The SMILES string of the molecule is CCOC(=O)c1cc2c(=O)n(C(=O)C(C)C)[nH]c2nc1N. The molecule has 0 atom stereocenters. The molecule has 0 aliphatic rings. The highest BCUT2D eigenvalue weighted by atomic mass is 16.5. The summed E-state index contributed by atoms with van der Waals surface area (Å²) >= 11 is 0. The summed E-state index contributed by atoms with van der Waals surface area (Å²) in [5.74, 6) is -1.48. The average Bonchev–Trinajstić information content (AvgIpc) is 2.73. The van der Waals surface area contributed by atoms with Crippen LogP contribution in [0.3, 0.4) is 0 Å². The molecule has 0 bridgehead atoms. The van der Waals surface area contributed by atoms with E-state index in [-0.39, 0.29) is 34.9 Å². The Hall–Kier alpha value is -2.64. The van der Waals surface area contributed by atoms with Gasteiger partial charge < -0.3 is 10.5 Å². The van der Waals surface area contributed by atoms with Gasteiger partial charge in [0.25, 0.3) is 11.5 Å². The number of nitrogen functional groups attached to an aromatic ring is 1. The fourth-order valence-electron chi connectivity index (χ4n) is 1.84. The van der Waals surface area contributed by atoms with Crippen LogP contribution in [0, 0.1) is 5.92 Å². The number of aromatic amines is 1. The lowest BCUT2D eigenvalue weighted by Gasteiger charge is -2.03. The van der Waals surface area contributed by atoms with Crippen LogP contribution in [-0.4, -0.2) is 33.2 Å². The van der Waals surface area contributed by atoms with Gasteiger partial charge in [-0.15, -0.1) is 0 Å². The van der Waals surface area contributed by atoms with Gasteiger partial charge in [0, 0.05) is 5.92 Å². The molecule has 21 heavy (non-hydrogen) atoms. The molecule has 112 valence electrons. The average molecular weight is 292 g/mol. The second-order valence-corrected chi connectivity index (χ2v) is 4.78. The molecule has 0 unspecified atom stereocenters. The number of carbonyl (C=O) groups is 2. The molecule has 2 aromatic heterocycles. The Bertz CT molecular complexity index is 772. The molecule has 2 rings (SSSR count). The van der Waals surface area contributed by atoms with Crippen LogP contribution in [0.25, 0.3) is 11.0 Å². The zero-order valence-corrected chi connectivity index (χ0v) is 12.0. The van der Waals surface area contributed by atoms with Gasteiger partial charge in [0.05, 0.1) is 12.0 Å². The maximum absolute atomic E-state index is 12.2. The van der Waals surface area contributed by atoms with Gasteiger partial charge >= 0.3 is 5.97 Å². The maximum atomic E-state index is 12.2. The molecule has 2 heterocycles. The number of nitrogens with two attached hydrogens (primary N) is 1. The Morgan fingerprint density at radius 2 is 2.14 bits per heavy atom. The van der Waals surface area contributed by atoms with E-state index >= 15 is 0 Å². The van der Waals surface area contributed by atoms with E-state index in [0.29, 0.717) is 0 Å². The molecule has 0 saturated heterocycles. The molecule has 3 N–H and O–H groups in total. The lowest BCUT2D eigenvalue weighted by Crippen LogP contribution is -2.28. The Kier molecular flexibility index (Phi) is 3.79. The molecule has 2 aromatic rings. The van der Waals surface area contributed by atoms with Crippen LogP contribution in [0.1, 0.15) is 35.9 Å². The van der Waals surface area contributed by atoms with E-state index in [1.165, 1.54) is 6.07 Å². The fraction of sp³-hybridized carbons (Fsp3) is 0.385. The fourth-order valence-corrected chi connectivity index (χ4v) is 1.84. The number of rotatable bonds is 3. The Morgan fingerprint density at radius 1 is 1.48 bits per heavy atom. The zero-order chi connectivity index (χ0) is 15.7. The molecule has 8 nitrogen and oxygen atoms in total. The van der Waals surface area contributed by atoms with Crippen molar-refractivity contribution in [3.8, 4) is 0 Å². The smallest absolute Gasteiger partial charge is 0.341 e. The Balaban J connectivity index is 2.63. The number of aromatic nitrogens is 3. The number of ether oxygens (including phenoxy) is 1. The minimum absolute atomic E-state index is 0.00426. The molecule has 0 amide bonds. The summed E-state index contributed by atoms with van der Waals surface area (Å²) in [6, 6.07) is 1.29. The van der Waals surface area contributed by atoms with E-state index in [1.54, 1.807) is 20.8 Å². The molecule has 0 aromatic carbocycles. The predicted octanol–water partition coefficient (Wildman–Crippen LogP) is 0.780. The molecule has 0 spiro atoms. The van der Waals surface area contributed by atoms with Crippen molar-refractivity contribution < 1.29 is 14.3 Å². The number of fused-ring (bicyclic) bond motifs is 1. The summed E-state index contributed by atoms with van der Waals surface area (Å²) in [6.45, 7) is 5.18. The predicted molar refractivity (Wildman–Crippen MR) is 76.2 cm³/mol. The van der Waals surface area contributed by atoms with Gasteiger partial charge in [-0.05, 0) is 13.0 Å². The number of nitrogens with one attached hydrogen (secondary N) is 1. The topological polar surface area (TPSA) is 120 Å². The summed E-state index contributed by atoms with van der Waals surface area (Å²) in [4.78, 5) is 39.8. The third-order valence-corrected chi connectivity index (χ3v) is 2.91. The number of carbonyl (C=O) groups excluding carboxylic acids is 2. The first kappa shape index (κ1) is 14.8. The minimum Gasteiger partial charge on any atom is -0.462 e. The van der Waals surface area contributed by atoms with Gasteiger partial charge in [-0.25, -0.2) is 9.78 Å². The third kappa shape index (κ3) is 2.51. The van der Waals surface area contributed by atoms with Crippen LogP contribution in [-0.2, 0) is 4.74 Å². The normalized spacial score (nSPS) is 11.0. The number of pyridine rings is 1. The van der Waals surface area contributed by atoms with Crippen LogP contribution in [0.5, 0.6) is 0 Å². The minimum atomic E-state index is -0.660. The van der Waals surface area contributed by atoms with E-state index in [0.717, 1.165) is 4.68 Å². The standard InChI is InChI=1S/C13H16N4O4/c1-4-21-13(20)7-5-8-10(15-9(7)14)16-17(12(8)19)11(18)6(2)3/h5-6H,4H2,1-3H3,(H3,14,15,16). The summed E-state index contributed by atoms with van der Waals surface area (Å²) in [5.41, 5.74) is 5.27. The van der Waals surface area contributed by atoms with Gasteiger partial charge in [0.2, 0.25) is 0 Å². The molecule has 0 aliphatic carbocycles. The van der Waals surface area contributed by atoms with Gasteiger partial charge in [-0.1, -0.05) is 13.8 Å². The highest BCUT2D eigenvalue weighted by molar-refractivity contribution is 5.98. The van der Waals surface area contributed by atoms with Crippen LogP contribution in [0.2, 0.25) is 0 Å². The highest BCUT2D eigenvalue weighted by Gasteiger charge is 2.20. The van der Waals surface area contributed by atoms with E-state index in [4.69, 9.17) is 10.5 Å². The summed E-state index contributed by atoms with van der Waals surface area (Å²) in [5, 5.41) is 2.71. The summed E-state index contributed by atoms with van der Waals surface area (Å²) < 4.78 is 5.72. The highest BCUT2D eigenvalue weighted by Crippen LogP contribution is 2.16. The van der Waals surface area contributed by atoms with Crippen molar-refractivity contribution in [2.75, 3.05) is 12.3 Å². The first-order valence-electron chi connectivity index (χ1n) is 6.49. The second-order valence-electron chi connectivity index (χ2n) is 4.78. The van der Waals surface area contributed by atoms with Crippen LogP contribution in [0.15, 0.2) is 10.9 Å². The number of hydrogen-bond acceptors (Lipinski definition) is 6. The summed E-state index contributed by atoms with van der Waals surface area (Å²) in [6.07, 6.45) is 0. The van der Waals surface area contributed by atoms with Crippen molar-refractivity contribution in [1.82, 2.24) is 14.8 Å². The Labute approximate surface area is 119 Å². The van der Waals surface area contributed by atoms with Crippen molar-refractivity contribution >= 4 is 28.7 Å². The van der Waals surface area contributed by atoms with E-state index in [1.807, 2.05) is 0 Å². The molecular formula is C13H16N4O4. The van der Waals surface area contributed by atoms with Gasteiger partial charge in [0.1, 0.15) is 11.4 Å². The number of hydrogen-bond donors (Lipinski definition) is 2. The maximum Gasteiger partial charge on any atom is 0.341 e. The molecule has 0 aliphatic heterocycles. The van der Waals surface area contributed by atoms with Crippen molar-refractivity contribution in [2.24, 2.45) is 5.92 Å². The van der Waals surface area contributed by atoms with Gasteiger partial charge in [-0.3, -0.25) is 14.7 Å². The van der Waals surface area contributed by atoms with Crippen molar-refractivity contribution in [3.05, 3.63) is 22.0 Å². The molecule has 8 heteroatoms. The monoisotopic (exact) mass is 292 g/mol. The molecule has 0 radical (unpaired) electrons. The van der Waals surface area contributed by atoms with E-state index in [2.05, 4.69) is 10.1 Å². The third-order valence-electron chi connectivity index (χ3n) is 2.91. The van der Waals surface area contributed by atoms with Crippen molar-refractivity contribution in [3.63, 3.8) is 0 Å². The number of esters is 1. The quantitative estimate of drug-likeness (QED) is 0.806. The molecular weight excluding hydrogens is 276 g/mol. The van der Waals surface area contributed by atoms with Crippen molar-refractivity contribution in [1.29, 1.82) is 0 Å². The first-order valence-corrected chi connectivity index (χ1v) is 6.49.